The van der Waals surface area contributed by atoms with Gasteiger partial charge in [-0.2, -0.15) is 5.10 Å². The fraction of sp³-hybridized carbons (Fsp3) is 0.414. The van der Waals surface area contributed by atoms with Gasteiger partial charge >= 0.3 is 0 Å². The lowest BCUT2D eigenvalue weighted by Gasteiger charge is -2.30. The van der Waals surface area contributed by atoms with Crippen LogP contribution in [-0.2, 0) is 26.4 Å². The number of hydrogen-bond acceptors (Lipinski definition) is 4. The van der Waals surface area contributed by atoms with Crippen LogP contribution >= 0.6 is 0 Å². The third-order valence-electron chi connectivity index (χ3n) is 7.74. The first-order chi connectivity index (χ1) is 17.8. The minimum absolute atomic E-state index is 0.0428. The monoisotopic (exact) mass is 505 g/mol. The number of ketones is 1. The van der Waals surface area contributed by atoms with Crippen LogP contribution in [0.5, 0.6) is 0 Å². The summed E-state index contributed by atoms with van der Waals surface area (Å²) in [6, 6.07) is 6.61. The second kappa shape index (κ2) is 10.2. The molecule has 37 heavy (non-hydrogen) atoms. The first kappa shape index (κ1) is 25.3. The molecule has 0 saturated heterocycles. The third kappa shape index (κ3) is 4.70. The van der Waals surface area contributed by atoms with Crippen molar-refractivity contribution in [1.29, 1.82) is 0 Å². The highest BCUT2D eigenvalue weighted by Crippen LogP contribution is 2.36. The van der Waals surface area contributed by atoms with Crippen LogP contribution in [0.4, 0.5) is 8.78 Å². The maximum absolute atomic E-state index is 15.1. The number of imidazole rings is 1. The van der Waals surface area contributed by atoms with Gasteiger partial charge in [-0.1, -0.05) is 13.0 Å². The quantitative estimate of drug-likeness (QED) is 0.308. The Labute approximate surface area is 215 Å². The number of carbonyl (C=O) groups excluding carboxylic acids is 1. The highest BCUT2D eigenvalue weighted by molar-refractivity contribution is 5.98. The van der Waals surface area contributed by atoms with Gasteiger partial charge < -0.3 is 9.72 Å². The SMILES string of the molecule is CNCc1cnc2ccc(-c3ccc(F)c(F)c3CCCc3c(C(=O)C4CC(C)C4)nn(C)c3C)cn12. The zero-order valence-electron chi connectivity index (χ0n) is 21.8. The predicted octanol–water partition coefficient (Wildman–Crippen LogP) is 5.44. The number of nitrogens with zero attached hydrogens (tertiary/aromatic N) is 4. The van der Waals surface area contributed by atoms with Gasteiger partial charge in [0.1, 0.15) is 11.3 Å². The van der Waals surface area contributed by atoms with E-state index in [9.17, 15) is 9.18 Å². The molecule has 1 saturated carbocycles. The average molecular weight is 506 g/mol. The van der Waals surface area contributed by atoms with E-state index in [1.807, 2.05) is 43.7 Å². The van der Waals surface area contributed by atoms with Gasteiger partial charge in [-0.05, 0) is 86.9 Å². The van der Waals surface area contributed by atoms with Crippen molar-refractivity contribution in [2.24, 2.45) is 18.9 Å². The number of rotatable bonds is 9. The Morgan fingerprint density at radius 3 is 2.62 bits per heavy atom. The molecule has 1 N–H and O–H groups in total. The number of aryl methyl sites for hydroxylation is 1. The maximum atomic E-state index is 15.1. The zero-order chi connectivity index (χ0) is 26.3. The fourth-order valence-corrected chi connectivity index (χ4v) is 5.51. The summed E-state index contributed by atoms with van der Waals surface area (Å²) < 4.78 is 33.2. The van der Waals surface area contributed by atoms with Gasteiger partial charge in [0.15, 0.2) is 17.4 Å². The van der Waals surface area contributed by atoms with E-state index in [2.05, 4.69) is 22.3 Å². The van der Waals surface area contributed by atoms with Gasteiger partial charge in [0.2, 0.25) is 0 Å². The lowest BCUT2D eigenvalue weighted by Crippen LogP contribution is -2.29. The molecule has 194 valence electrons. The smallest absolute Gasteiger partial charge is 0.186 e. The van der Waals surface area contributed by atoms with Crippen molar-refractivity contribution in [1.82, 2.24) is 24.5 Å². The van der Waals surface area contributed by atoms with E-state index in [-0.39, 0.29) is 11.7 Å². The molecule has 6 nitrogen and oxygen atoms in total. The highest BCUT2D eigenvalue weighted by atomic mass is 19.2. The molecule has 0 amide bonds. The number of carbonyl (C=O) groups is 1. The molecule has 3 aromatic heterocycles. The third-order valence-corrected chi connectivity index (χ3v) is 7.74. The molecule has 1 aliphatic carbocycles. The minimum atomic E-state index is -0.856. The highest BCUT2D eigenvalue weighted by Gasteiger charge is 2.35. The van der Waals surface area contributed by atoms with E-state index in [0.29, 0.717) is 48.5 Å². The molecule has 0 bridgehead atoms. The molecule has 3 heterocycles. The van der Waals surface area contributed by atoms with Crippen LogP contribution in [0, 0.1) is 30.4 Å². The summed E-state index contributed by atoms with van der Waals surface area (Å²) in [6.45, 7) is 4.76. The summed E-state index contributed by atoms with van der Waals surface area (Å²) >= 11 is 0. The molecule has 5 rings (SSSR count). The van der Waals surface area contributed by atoms with E-state index in [1.54, 1.807) is 16.9 Å². The van der Waals surface area contributed by atoms with E-state index >= 15 is 4.39 Å². The van der Waals surface area contributed by atoms with Crippen LogP contribution in [-0.4, -0.2) is 32.0 Å². The van der Waals surface area contributed by atoms with Gasteiger partial charge in [-0.3, -0.25) is 9.48 Å². The van der Waals surface area contributed by atoms with Gasteiger partial charge in [0, 0.05) is 37.0 Å². The van der Waals surface area contributed by atoms with E-state index < -0.39 is 11.6 Å². The number of pyridine rings is 1. The number of halogens is 2. The number of nitrogens with one attached hydrogen (secondary N) is 1. The summed E-state index contributed by atoms with van der Waals surface area (Å²) in [4.78, 5) is 17.5. The van der Waals surface area contributed by atoms with Gasteiger partial charge in [0.05, 0.1) is 11.9 Å². The van der Waals surface area contributed by atoms with Gasteiger partial charge in [-0.25, -0.2) is 13.8 Å². The lowest BCUT2D eigenvalue weighted by atomic mass is 9.73. The Hall–Kier alpha value is -3.39. The molecule has 0 aliphatic heterocycles. The van der Waals surface area contributed by atoms with Crippen LogP contribution in [0.25, 0.3) is 16.8 Å². The standard InChI is InChI=1S/C29H33F2N5O/c1-17-12-20(13-17)29(37)28-22(18(2)35(4)34-28)6-5-7-24-23(9-10-25(30)27(24)31)19-8-11-26-33-15-21(14-32-3)36(26)16-19/h8-11,15-17,20,32H,5-7,12-14H2,1-4H3. The Bertz CT molecular complexity index is 1460. The molecule has 0 unspecified atom stereocenters. The minimum Gasteiger partial charge on any atom is -0.314 e. The van der Waals surface area contributed by atoms with Crippen molar-refractivity contribution >= 4 is 11.4 Å². The number of aromatic nitrogens is 4. The van der Waals surface area contributed by atoms with Crippen molar-refractivity contribution in [3.63, 3.8) is 0 Å². The molecule has 1 fully saturated rings. The van der Waals surface area contributed by atoms with Crippen molar-refractivity contribution in [2.45, 2.75) is 52.5 Å². The fourth-order valence-electron chi connectivity index (χ4n) is 5.51. The number of hydrogen-bond donors (Lipinski definition) is 1. The topological polar surface area (TPSA) is 64.2 Å². The van der Waals surface area contributed by atoms with Crippen molar-refractivity contribution < 1.29 is 13.6 Å². The molecular formula is C29H33F2N5O. The second-order valence-corrected chi connectivity index (χ2v) is 10.3. The molecule has 8 heteroatoms. The molecular weight excluding hydrogens is 472 g/mol. The summed E-state index contributed by atoms with van der Waals surface area (Å²) in [5.41, 5.74) is 5.98. The van der Waals surface area contributed by atoms with E-state index in [4.69, 9.17) is 0 Å². The summed E-state index contributed by atoms with van der Waals surface area (Å²) in [5.74, 6) is -0.943. The van der Waals surface area contributed by atoms with Crippen LogP contribution in [0.3, 0.4) is 0 Å². The molecule has 4 aromatic rings. The van der Waals surface area contributed by atoms with Crippen LogP contribution < -0.4 is 5.32 Å². The maximum Gasteiger partial charge on any atom is 0.186 e. The van der Waals surface area contributed by atoms with Crippen LogP contribution in [0.15, 0.2) is 36.7 Å². The summed E-state index contributed by atoms with van der Waals surface area (Å²) in [6.07, 6.45) is 7.03. The molecule has 0 spiro atoms. The van der Waals surface area contributed by atoms with E-state index in [1.165, 1.54) is 6.07 Å². The van der Waals surface area contributed by atoms with E-state index in [0.717, 1.165) is 41.0 Å². The van der Waals surface area contributed by atoms with Crippen LogP contribution in [0.2, 0.25) is 0 Å². The Morgan fingerprint density at radius 1 is 1.14 bits per heavy atom. The Morgan fingerprint density at radius 2 is 1.89 bits per heavy atom. The summed E-state index contributed by atoms with van der Waals surface area (Å²) in [5, 5.41) is 7.65. The zero-order valence-corrected chi connectivity index (χ0v) is 21.8. The largest absolute Gasteiger partial charge is 0.314 e. The van der Waals surface area contributed by atoms with Crippen molar-refractivity contribution in [2.75, 3.05) is 7.05 Å². The lowest BCUT2D eigenvalue weighted by molar-refractivity contribution is 0.0784. The first-order valence-electron chi connectivity index (χ1n) is 12.9. The second-order valence-electron chi connectivity index (χ2n) is 10.3. The molecule has 1 aromatic carbocycles. The first-order valence-corrected chi connectivity index (χ1v) is 12.9. The molecule has 0 atom stereocenters. The Balaban J connectivity index is 1.42. The van der Waals surface area contributed by atoms with Crippen molar-refractivity contribution in [3.05, 3.63) is 76.5 Å². The number of Topliss-reactive ketones (excluding diaryl/α,β-unsaturated/α-hetero) is 1. The normalized spacial score (nSPS) is 17.4. The summed E-state index contributed by atoms with van der Waals surface area (Å²) in [7, 11) is 3.71. The van der Waals surface area contributed by atoms with Gasteiger partial charge in [0.25, 0.3) is 0 Å². The molecule has 0 radical (unpaired) electrons. The van der Waals surface area contributed by atoms with Crippen LogP contribution in [0.1, 0.15) is 59.2 Å². The molecule has 1 aliphatic rings. The predicted molar refractivity (Wildman–Crippen MR) is 139 cm³/mol. The number of benzene rings is 1. The average Bonchev–Trinajstić information content (AvgIpc) is 3.39. The Kier molecular flexibility index (Phi) is 6.94. The van der Waals surface area contributed by atoms with Crippen molar-refractivity contribution in [3.8, 4) is 11.1 Å². The van der Waals surface area contributed by atoms with Gasteiger partial charge in [-0.15, -0.1) is 0 Å². The number of fused-ring (bicyclic) bond motifs is 1.